The number of carbonyl (C=O) groups excluding carboxylic acids is 1. The predicted octanol–water partition coefficient (Wildman–Crippen LogP) is 5.34. The molecule has 0 aliphatic carbocycles. The number of benzene rings is 1. The highest BCUT2D eigenvalue weighted by Crippen LogP contribution is 2.36. The maximum Gasteiger partial charge on any atom is 0.251 e. The van der Waals surface area contributed by atoms with Crippen molar-refractivity contribution >= 4 is 16.9 Å². The Morgan fingerprint density at radius 3 is 2.50 bits per heavy atom. The molecule has 0 aliphatic heterocycles. The first kappa shape index (κ1) is 21.6. The molecule has 0 saturated carbocycles. The van der Waals surface area contributed by atoms with Gasteiger partial charge < -0.3 is 14.4 Å². The van der Waals surface area contributed by atoms with E-state index in [0.717, 1.165) is 50.4 Å². The van der Waals surface area contributed by atoms with Gasteiger partial charge in [0.05, 0.1) is 28.5 Å². The van der Waals surface area contributed by atoms with Gasteiger partial charge in [-0.3, -0.25) is 14.8 Å². The number of hydrogen-bond donors (Lipinski definition) is 1. The van der Waals surface area contributed by atoms with E-state index in [4.69, 9.17) is 9.51 Å². The standard InChI is InChI=1S/C27H25N5O2/c1-16-25(18(3)34-31-16)21-13-24-26(30-14-21)22(19-8-10-20(11-9-19)27(33)28-4)15-32(24)17(2)23-7-5-6-12-29-23/h5-15,17H,1-4H3,(H,28,33)/t17-/m0/s1. The van der Waals surface area contributed by atoms with E-state index in [1.807, 2.05) is 68.7 Å². The monoisotopic (exact) mass is 451 g/mol. The largest absolute Gasteiger partial charge is 0.361 e. The van der Waals surface area contributed by atoms with Gasteiger partial charge >= 0.3 is 0 Å². The Morgan fingerprint density at radius 1 is 1.06 bits per heavy atom. The zero-order chi connectivity index (χ0) is 23.8. The molecule has 1 amide bonds. The Morgan fingerprint density at radius 2 is 1.85 bits per heavy atom. The summed E-state index contributed by atoms with van der Waals surface area (Å²) in [5.74, 6) is 0.652. The molecule has 0 bridgehead atoms. The Hall–Kier alpha value is -4.26. The molecule has 34 heavy (non-hydrogen) atoms. The van der Waals surface area contributed by atoms with Crippen LogP contribution in [0.5, 0.6) is 0 Å². The number of hydrogen-bond acceptors (Lipinski definition) is 5. The first-order valence-electron chi connectivity index (χ1n) is 11.1. The highest BCUT2D eigenvalue weighted by molar-refractivity contribution is 5.97. The molecule has 4 heterocycles. The van der Waals surface area contributed by atoms with Crippen LogP contribution in [0.1, 0.15) is 40.5 Å². The number of carbonyl (C=O) groups is 1. The van der Waals surface area contributed by atoms with E-state index in [1.165, 1.54) is 0 Å². The molecule has 0 fully saturated rings. The molecule has 0 saturated heterocycles. The Labute approximate surface area is 197 Å². The van der Waals surface area contributed by atoms with Gasteiger partial charge in [0.2, 0.25) is 0 Å². The minimum Gasteiger partial charge on any atom is -0.361 e. The van der Waals surface area contributed by atoms with E-state index in [2.05, 4.69) is 39.2 Å². The molecule has 1 N–H and O–H groups in total. The lowest BCUT2D eigenvalue weighted by Gasteiger charge is -2.15. The van der Waals surface area contributed by atoms with Crippen LogP contribution >= 0.6 is 0 Å². The van der Waals surface area contributed by atoms with Gasteiger partial charge in [-0.1, -0.05) is 23.4 Å². The molecular formula is C27H25N5O2. The first-order valence-corrected chi connectivity index (χ1v) is 11.1. The summed E-state index contributed by atoms with van der Waals surface area (Å²) in [5, 5.41) is 6.77. The van der Waals surface area contributed by atoms with Gasteiger partial charge in [-0.15, -0.1) is 0 Å². The molecule has 7 heteroatoms. The molecule has 7 nitrogen and oxygen atoms in total. The maximum atomic E-state index is 12.0. The van der Waals surface area contributed by atoms with Crippen LogP contribution in [0.4, 0.5) is 0 Å². The predicted molar refractivity (Wildman–Crippen MR) is 132 cm³/mol. The molecular weight excluding hydrogens is 426 g/mol. The van der Waals surface area contributed by atoms with Crippen LogP contribution in [0.25, 0.3) is 33.3 Å². The molecule has 1 aromatic carbocycles. The second-order valence-corrected chi connectivity index (χ2v) is 8.33. The summed E-state index contributed by atoms with van der Waals surface area (Å²) < 4.78 is 7.60. The van der Waals surface area contributed by atoms with Crippen LogP contribution in [0.3, 0.4) is 0 Å². The van der Waals surface area contributed by atoms with Gasteiger partial charge in [-0.2, -0.15) is 0 Å². The number of aryl methyl sites for hydroxylation is 2. The van der Waals surface area contributed by atoms with Crippen molar-refractivity contribution in [2.45, 2.75) is 26.8 Å². The summed E-state index contributed by atoms with van der Waals surface area (Å²) in [5.41, 5.74) is 8.18. The number of rotatable bonds is 5. The van der Waals surface area contributed by atoms with Crippen LogP contribution in [-0.4, -0.2) is 32.6 Å². The van der Waals surface area contributed by atoms with Crippen LogP contribution in [0.15, 0.2) is 71.6 Å². The van der Waals surface area contributed by atoms with E-state index in [1.54, 1.807) is 7.05 Å². The number of nitrogens with zero attached hydrogens (tertiary/aromatic N) is 4. The number of amides is 1. The zero-order valence-electron chi connectivity index (χ0n) is 19.5. The molecule has 5 aromatic rings. The van der Waals surface area contributed by atoms with Gasteiger partial charge in [0.25, 0.3) is 5.91 Å². The summed E-state index contributed by atoms with van der Waals surface area (Å²) in [6.45, 7) is 5.97. The van der Waals surface area contributed by atoms with Crippen molar-refractivity contribution in [2.75, 3.05) is 7.05 Å². The average molecular weight is 452 g/mol. The lowest BCUT2D eigenvalue weighted by atomic mass is 10.0. The summed E-state index contributed by atoms with van der Waals surface area (Å²) in [6.07, 6.45) is 5.79. The van der Waals surface area contributed by atoms with Crippen molar-refractivity contribution in [3.05, 3.63) is 89.8 Å². The van der Waals surface area contributed by atoms with Gasteiger partial charge in [-0.05, 0) is 56.7 Å². The first-order chi connectivity index (χ1) is 16.5. The SMILES string of the molecule is CNC(=O)c1ccc(-c2cn([C@@H](C)c3ccccn3)c3cc(-c4c(C)noc4C)cnc23)cc1. The van der Waals surface area contributed by atoms with Crippen molar-refractivity contribution in [3.8, 4) is 22.3 Å². The quantitative estimate of drug-likeness (QED) is 0.390. The molecule has 0 unspecified atom stereocenters. The number of aromatic nitrogens is 4. The lowest BCUT2D eigenvalue weighted by Crippen LogP contribution is -2.17. The Balaban J connectivity index is 1.70. The normalized spacial score (nSPS) is 12.1. The van der Waals surface area contributed by atoms with Crippen LogP contribution in [-0.2, 0) is 0 Å². The van der Waals surface area contributed by atoms with E-state index in [-0.39, 0.29) is 11.9 Å². The summed E-state index contributed by atoms with van der Waals surface area (Å²) in [6, 6.07) is 15.6. The highest BCUT2D eigenvalue weighted by atomic mass is 16.5. The van der Waals surface area contributed by atoms with E-state index < -0.39 is 0 Å². The third-order valence-electron chi connectivity index (χ3n) is 6.21. The smallest absolute Gasteiger partial charge is 0.251 e. The van der Waals surface area contributed by atoms with Gasteiger partial charge in [-0.25, -0.2) is 0 Å². The Bertz CT molecular complexity index is 1460. The average Bonchev–Trinajstić information content (AvgIpc) is 3.42. The van der Waals surface area contributed by atoms with E-state index in [0.29, 0.717) is 5.56 Å². The third-order valence-corrected chi connectivity index (χ3v) is 6.21. The van der Waals surface area contributed by atoms with Crippen molar-refractivity contribution in [3.63, 3.8) is 0 Å². The minimum absolute atomic E-state index is 0.00990. The number of fused-ring (bicyclic) bond motifs is 1. The van der Waals surface area contributed by atoms with E-state index >= 15 is 0 Å². The second-order valence-electron chi connectivity index (χ2n) is 8.33. The molecule has 0 radical (unpaired) electrons. The fourth-order valence-corrected chi connectivity index (χ4v) is 4.40. The topological polar surface area (TPSA) is 85.8 Å². The summed E-state index contributed by atoms with van der Waals surface area (Å²) in [7, 11) is 1.63. The van der Waals surface area contributed by atoms with Gasteiger partial charge in [0.15, 0.2) is 0 Å². The fourth-order valence-electron chi connectivity index (χ4n) is 4.40. The summed E-state index contributed by atoms with van der Waals surface area (Å²) in [4.78, 5) is 21.4. The maximum absolute atomic E-state index is 12.0. The van der Waals surface area contributed by atoms with Gasteiger partial charge in [0, 0.05) is 47.9 Å². The highest BCUT2D eigenvalue weighted by Gasteiger charge is 2.20. The lowest BCUT2D eigenvalue weighted by molar-refractivity contribution is 0.0963. The van der Waals surface area contributed by atoms with Crippen LogP contribution in [0.2, 0.25) is 0 Å². The van der Waals surface area contributed by atoms with Gasteiger partial charge in [0.1, 0.15) is 5.76 Å². The molecule has 5 rings (SSSR count). The number of pyridine rings is 2. The molecule has 170 valence electrons. The van der Waals surface area contributed by atoms with Crippen molar-refractivity contribution < 1.29 is 9.32 Å². The zero-order valence-corrected chi connectivity index (χ0v) is 19.5. The van der Waals surface area contributed by atoms with E-state index in [9.17, 15) is 4.79 Å². The molecule has 1 atom stereocenters. The molecule has 0 aliphatic rings. The summed E-state index contributed by atoms with van der Waals surface area (Å²) >= 11 is 0. The van der Waals surface area contributed by atoms with Crippen molar-refractivity contribution in [2.24, 2.45) is 0 Å². The molecule has 4 aromatic heterocycles. The third kappa shape index (κ3) is 3.65. The molecule has 0 spiro atoms. The Kier molecular flexibility index (Phi) is 5.45. The second kappa shape index (κ2) is 8.59. The van der Waals surface area contributed by atoms with Crippen LogP contribution < -0.4 is 5.32 Å². The fraction of sp³-hybridized carbons (Fsp3) is 0.185. The van der Waals surface area contributed by atoms with Crippen LogP contribution in [0, 0.1) is 13.8 Å². The van der Waals surface area contributed by atoms with Crippen molar-refractivity contribution in [1.82, 2.24) is 25.0 Å². The minimum atomic E-state index is -0.111. The number of nitrogens with one attached hydrogen (secondary N) is 1. The van der Waals surface area contributed by atoms with Crippen molar-refractivity contribution in [1.29, 1.82) is 0 Å².